The van der Waals surface area contributed by atoms with Gasteiger partial charge in [0.15, 0.2) is 0 Å². The van der Waals surface area contributed by atoms with Gasteiger partial charge in [0.05, 0.1) is 5.02 Å². The molecule has 0 saturated carbocycles. The minimum atomic E-state index is -3.95. The second kappa shape index (κ2) is 5.38. The highest BCUT2D eigenvalue weighted by atomic mass is 35.5. The van der Waals surface area contributed by atoms with Gasteiger partial charge in [0, 0.05) is 17.5 Å². The number of aromatic amines is 1. The number of anilines is 1. The average molecular weight is 330 g/mol. The fourth-order valence-electron chi connectivity index (χ4n) is 1.97. The van der Waals surface area contributed by atoms with E-state index in [0.717, 1.165) is 0 Å². The highest BCUT2D eigenvalue weighted by Crippen LogP contribution is 2.25. The van der Waals surface area contributed by atoms with Crippen LogP contribution in [0.25, 0.3) is 0 Å². The van der Waals surface area contributed by atoms with Crippen molar-refractivity contribution < 1.29 is 18.3 Å². The molecule has 3 N–H and O–H groups in total. The van der Waals surface area contributed by atoms with Crippen molar-refractivity contribution in [3.05, 3.63) is 40.3 Å². The molecule has 0 spiro atoms. The zero-order valence-electron chi connectivity index (χ0n) is 11.1. The third-order valence-electron chi connectivity index (χ3n) is 2.82. The Morgan fingerprint density at radius 3 is 2.52 bits per heavy atom. The molecule has 0 bridgehead atoms. The summed E-state index contributed by atoms with van der Waals surface area (Å²) in [6.07, 6.45) is 1.30. The summed E-state index contributed by atoms with van der Waals surface area (Å²) in [5.74, 6) is -1.13. The Hall–Kier alpha value is -2.06. The summed E-state index contributed by atoms with van der Waals surface area (Å²) in [5.41, 5.74) is 0.227. The molecular formula is C12H12ClN3O4S. The Kier molecular flexibility index (Phi) is 3.93. The first-order valence-corrected chi connectivity index (χ1v) is 7.65. The molecule has 0 radical (unpaired) electrons. The molecule has 0 amide bonds. The number of aromatic carboxylic acids is 1. The number of hydrogen-bond donors (Lipinski definition) is 3. The van der Waals surface area contributed by atoms with Crippen LogP contribution in [0.3, 0.4) is 0 Å². The van der Waals surface area contributed by atoms with Crippen LogP contribution in [0, 0.1) is 13.8 Å². The van der Waals surface area contributed by atoms with Crippen LogP contribution in [-0.4, -0.2) is 29.5 Å². The number of aromatic nitrogens is 2. The quantitative estimate of drug-likeness (QED) is 0.795. The Bertz CT molecular complexity index is 797. The number of rotatable bonds is 4. The van der Waals surface area contributed by atoms with E-state index >= 15 is 0 Å². The number of carboxylic acid groups (broad SMARTS) is 1. The third kappa shape index (κ3) is 3.01. The van der Waals surface area contributed by atoms with Gasteiger partial charge in [-0.15, -0.1) is 0 Å². The SMILES string of the molecule is Cc1[nH]c(C(=O)O)c(C)c1S(=O)(=O)Nc1ccc(Cl)cn1. The lowest BCUT2D eigenvalue weighted by atomic mass is 10.2. The molecule has 0 fully saturated rings. The predicted molar refractivity (Wildman–Crippen MR) is 77.3 cm³/mol. The lowest BCUT2D eigenvalue weighted by Gasteiger charge is -2.08. The molecule has 7 nitrogen and oxygen atoms in total. The minimum absolute atomic E-state index is 0.0938. The van der Waals surface area contributed by atoms with Gasteiger partial charge in [-0.25, -0.2) is 18.2 Å². The van der Waals surface area contributed by atoms with E-state index in [1.807, 2.05) is 0 Å². The van der Waals surface area contributed by atoms with Crippen LogP contribution in [-0.2, 0) is 10.0 Å². The summed E-state index contributed by atoms with van der Waals surface area (Å²) in [6, 6.07) is 2.90. The summed E-state index contributed by atoms with van der Waals surface area (Å²) in [4.78, 5) is 17.3. The summed E-state index contributed by atoms with van der Waals surface area (Å²) in [7, 11) is -3.95. The number of sulfonamides is 1. The molecule has 0 aliphatic carbocycles. The molecule has 0 unspecified atom stereocenters. The predicted octanol–water partition coefficient (Wildman–Crippen LogP) is 2.18. The summed E-state index contributed by atoms with van der Waals surface area (Å²) >= 11 is 5.68. The van der Waals surface area contributed by atoms with Gasteiger partial charge in [-0.3, -0.25) is 4.72 Å². The minimum Gasteiger partial charge on any atom is -0.477 e. The smallest absolute Gasteiger partial charge is 0.352 e. The Morgan fingerprint density at radius 2 is 2.05 bits per heavy atom. The molecule has 112 valence electrons. The van der Waals surface area contributed by atoms with E-state index in [2.05, 4.69) is 14.7 Å². The molecule has 0 atom stereocenters. The highest BCUT2D eigenvalue weighted by molar-refractivity contribution is 7.92. The Morgan fingerprint density at radius 1 is 1.38 bits per heavy atom. The van der Waals surface area contributed by atoms with Crippen molar-refractivity contribution in [1.29, 1.82) is 0 Å². The molecule has 21 heavy (non-hydrogen) atoms. The second-order valence-electron chi connectivity index (χ2n) is 4.35. The zero-order valence-corrected chi connectivity index (χ0v) is 12.7. The van der Waals surface area contributed by atoms with E-state index < -0.39 is 16.0 Å². The van der Waals surface area contributed by atoms with Gasteiger partial charge in [-0.2, -0.15) is 0 Å². The maximum atomic E-state index is 12.4. The Labute approximate surface area is 126 Å². The molecule has 2 rings (SSSR count). The van der Waals surface area contributed by atoms with E-state index in [4.69, 9.17) is 16.7 Å². The number of carboxylic acids is 1. The summed E-state index contributed by atoms with van der Waals surface area (Å²) in [5, 5.41) is 9.39. The fourth-order valence-corrected chi connectivity index (χ4v) is 3.54. The van der Waals surface area contributed by atoms with E-state index in [1.165, 1.54) is 32.2 Å². The molecule has 0 aromatic carbocycles. The molecule has 2 aromatic heterocycles. The second-order valence-corrected chi connectivity index (χ2v) is 6.41. The highest BCUT2D eigenvalue weighted by Gasteiger charge is 2.26. The molecule has 0 saturated heterocycles. The van der Waals surface area contributed by atoms with Crippen molar-refractivity contribution in [3.8, 4) is 0 Å². The number of nitrogens with zero attached hydrogens (tertiary/aromatic N) is 1. The number of H-pyrrole nitrogens is 1. The largest absolute Gasteiger partial charge is 0.477 e. The van der Waals surface area contributed by atoms with Gasteiger partial charge in [0.1, 0.15) is 16.4 Å². The Balaban J connectivity index is 2.45. The first-order valence-electron chi connectivity index (χ1n) is 5.79. The first-order chi connectivity index (χ1) is 9.72. The standard InChI is InChI=1S/C12H12ClN3O4S/c1-6-10(12(17)18)15-7(2)11(6)21(19,20)16-9-4-3-8(13)5-14-9/h3-5,15H,1-2H3,(H,14,16)(H,17,18). The topological polar surface area (TPSA) is 112 Å². The van der Waals surface area contributed by atoms with Gasteiger partial charge in [-0.05, 0) is 26.0 Å². The van der Waals surface area contributed by atoms with E-state index in [9.17, 15) is 13.2 Å². The van der Waals surface area contributed by atoms with Crippen LogP contribution < -0.4 is 4.72 Å². The van der Waals surface area contributed by atoms with Crippen molar-refractivity contribution in [1.82, 2.24) is 9.97 Å². The molecular weight excluding hydrogens is 318 g/mol. The van der Waals surface area contributed by atoms with Crippen molar-refractivity contribution in [2.45, 2.75) is 18.7 Å². The van der Waals surface area contributed by atoms with Crippen LogP contribution in [0.5, 0.6) is 0 Å². The fraction of sp³-hybridized carbons (Fsp3) is 0.167. The van der Waals surface area contributed by atoms with Crippen LogP contribution in [0.1, 0.15) is 21.7 Å². The van der Waals surface area contributed by atoms with E-state index in [1.54, 1.807) is 0 Å². The van der Waals surface area contributed by atoms with Crippen molar-refractivity contribution in [2.75, 3.05) is 4.72 Å². The average Bonchev–Trinajstić information content (AvgIpc) is 2.68. The maximum absolute atomic E-state index is 12.4. The van der Waals surface area contributed by atoms with Crippen LogP contribution in [0.15, 0.2) is 23.2 Å². The van der Waals surface area contributed by atoms with Gasteiger partial charge in [0.25, 0.3) is 10.0 Å². The number of hydrogen-bond acceptors (Lipinski definition) is 4. The molecule has 0 aliphatic rings. The first kappa shape index (κ1) is 15.3. The summed E-state index contributed by atoms with van der Waals surface area (Å²) < 4.78 is 27.0. The number of halogens is 1. The van der Waals surface area contributed by atoms with Crippen molar-refractivity contribution in [2.24, 2.45) is 0 Å². The van der Waals surface area contributed by atoms with Gasteiger partial charge >= 0.3 is 5.97 Å². The van der Waals surface area contributed by atoms with Crippen LogP contribution >= 0.6 is 11.6 Å². The van der Waals surface area contributed by atoms with Crippen LogP contribution in [0.4, 0.5) is 5.82 Å². The number of nitrogens with one attached hydrogen (secondary N) is 2. The van der Waals surface area contributed by atoms with Gasteiger partial charge < -0.3 is 10.1 Å². The number of pyridine rings is 1. The zero-order chi connectivity index (χ0) is 15.8. The lowest BCUT2D eigenvalue weighted by Crippen LogP contribution is -2.15. The normalized spacial score (nSPS) is 11.4. The van der Waals surface area contributed by atoms with Crippen molar-refractivity contribution in [3.63, 3.8) is 0 Å². The van der Waals surface area contributed by atoms with E-state index in [-0.39, 0.29) is 27.7 Å². The summed E-state index contributed by atoms with van der Waals surface area (Å²) in [6.45, 7) is 2.92. The van der Waals surface area contributed by atoms with Gasteiger partial charge in [-0.1, -0.05) is 11.6 Å². The molecule has 9 heteroatoms. The molecule has 2 heterocycles. The van der Waals surface area contributed by atoms with Crippen LogP contribution in [0.2, 0.25) is 5.02 Å². The maximum Gasteiger partial charge on any atom is 0.352 e. The molecule has 2 aromatic rings. The monoisotopic (exact) mass is 329 g/mol. The lowest BCUT2D eigenvalue weighted by molar-refractivity contribution is 0.0690. The number of carbonyl (C=O) groups is 1. The van der Waals surface area contributed by atoms with E-state index in [0.29, 0.717) is 5.02 Å². The number of aryl methyl sites for hydroxylation is 1. The third-order valence-corrected chi connectivity index (χ3v) is 4.67. The van der Waals surface area contributed by atoms with Gasteiger partial charge in [0.2, 0.25) is 0 Å². The van der Waals surface area contributed by atoms with Crippen molar-refractivity contribution >= 4 is 33.4 Å². The molecule has 0 aliphatic heterocycles.